The van der Waals surface area contributed by atoms with Gasteiger partial charge in [0.25, 0.3) is 5.91 Å². The lowest BCUT2D eigenvalue weighted by Gasteiger charge is -2.10. The monoisotopic (exact) mass is 519 g/mol. The van der Waals surface area contributed by atoms with E-state index in [1.165, 1.54) is 6.07 Å². The summed E-state index contributed by atoms with van der Waals surface area (Å²) in [6.07, 6.45) is -4.42. The topological polar surface area (TPSA) is 69.3 Å². The third-order valence-corrected chi connectivity index (χ3v) is 6.19. The maximum atomic E-state index is 13.1. The second-order valence-electron chi connectivity index (χ2n) is 8.92. The number of carbonyl (C=O) groups is 1. The molecule has 0 aliphatic rings. The Balaban J connectivity index is 1.24. The Hall–Kier alpha value is -4.53. The summed E-state index contributed by atoms with van der Waals surface area (Å²) < 4.78 is 52.3. The van der Waals surface area contributed by atoms with E-state index in [9.17, 15) is 18.0 Å². The molecule has 0 saturated carbocycles. The Morgan fingerprint density at radius 2 is 1.76 bits per heavy atom. The van der Waals surface area contributed by atoms with Crippen molar-refractivity contribution in [2.45, 2.75) is 33.2 Å². The molecule has 0 fully saturated rings. The van der Waals surface area contributed by atoms with Crippen molar-refractivity contribution < 1.29 is 27.1 Å². The van der Waals surface area contributed by atoms with Gasteiger partial charge in [-0.25, -0.2) is 0 Å². The van der Waals surface area contributed by atoms with Crippen LogP contribution in [0, 0.1) is 13.8 Å². The maximum absolute atomic E-state index is 13.1. The molecule has 0 spiro atoms. The van der Waals surface area contributed by atoms with Crippen LogP contribution in [0.5, 0.6) is 5.75 Å². The minimum Gasteiger partial charge on any atom is -0.486 e. The second-order valence-corrected chi connectivity index (χ2v) is 8.92. The highest BCUT2D eigenvalue weighted by atomic mass is 19.4. The first-order valence-corrected chi connectivity index (χ1v) is 11.9. The van der Waals surface area contributed by atoms with E-state index < -0.39 is 17.6 Å². The molecule has 9 heteroatoms. The summed E-state index contributed by atoms with van der Waals surface area (Å²) in [5.74, 6) is 0.806. The molecule has 1 amide bonds. The zero-order valence-corrected chi connectivity index (χ0v) is 20.7. The molecule has 38 heavy (non-hydrogen) atoms. The summed E-state index contributed by atoms with van der Waals surface area (Å²) in [6, 6.07) is 22.1. The van der Waals surface area contributed by atoms with Gasteiger partial charge in [0.05, 0.1) is 29.2 Å². The molecule has 5 aromatic rings. The molecular formula is C29H24F3N3O3. The van der Waals surface area contributed by atoms with E-state index in [4.69, 9.17) is 9.15 Å². The first kappa shape index (κ1) is 25.1. The molecule has 1 N–H and O–H groups in total. The highest BCUT2D eigenvalue weighted by Gasteiger charge is 2.30. The van der Waals surface area contributed by atoms with Crippen LogP contribution in [-0.2, 0) is 19.3 Å². The Labute approximate surface area is 216 Å². The predicted octanol–water partition coefficient (Wildman–Crippen LogP) is 7.14. The number of nitrogens with zero attached hydrogens (tertiary/aromatic N) is 2. The summed E-state index contributed by atoms with van der Waals surface area (Å²) in [7, 11) is 0. The number of anilines is 1. The first-order valence-electron chi connectivity index (χ1n) is 11.9. The number of amides is 1. The van der Waals surface area contributed by atoms with Crippen LogP contribution in [0.3, 0.4) is 0 Å². The standard InChI is InChI=1S/C29H24F3N3O3/c1-18-27(19(2)35(34-18)16-20-6-5-9-23(14-20)29(30,31)32)33-28(36)26-13-12-25(38-26)17-37-24-11-10-21-7-3-4-8-22(21)15-24/h3-15H,16-17H2,1-2H3,(H,33,36). The molecule has 0 saturated heterocycles. The van der Waals surface area contributed by atoms with Crippen molar-refractivity contribution in [3.05, 3.63) is 113 Å². The smallest absolute Gasteiger partial charge is 0.416 e. The largest absolute Gasteiger partial charge is 0.486 e. The van der Waals surface area contributed by atoms with Crippen molar-refractivity contribution in [3.63, 3.8) is 0 Å². The number of halogens is 3. The van der Waals surface area contributed by atoms with Crippen LogP contribution in [0.4, 0.5) is 18.9 Å². The van der Waals surface area contributed by atoms with Crippen molar-refractivity contribution in [1.82, 2.24) is 9.78 Å². The molecule has 0 unspecified atom stereocenters. The van der Waals surface area contributed by atoms with Gasteiger partial charge in [0.2, 0.25) is 0 Å². The van der Waals surface area contributed by atoms with Gasteiger partial charge in [-0.2, -0.15) is 18.3 Å². The molecule has 3 aromatic carbocycles. The minimum absolute atomic E-state index is 0.103. The average molecular weight is 520 g/mol. The lowest BCUT2D eigenvalue weighted by molar-refractivity contribution is -0.137. The number of aryl methyl sites for hydroxylation is 1. The minimum atomic E-state index is -4.42. The first-order chi connectivity index (χ1) is 18.2. The molecule has 0 radical (unpaired) electrons. The SMILES string of the molecule is Cc1nn(Cc2cccc(C(F)(F)F)c2)c(C)c1NC(=O)c1ccc(COc2ccc3ccccc3c2)o1. The average Bonchev–Trinajstić information content (AvgIpc) is 3.47. The molecule has 2 aromatic heterocycles. The van der Waals surface area contributed by atoms with Crippen LogP contribution >= 0.6 is 0 Å². The fraction of sp³-hybridized carbons (Fsp3) is 0.172. The lowest BCUT2D eigenvalue weighted by Crippen LogP contribution is -2.13. The number of carbonyl (C=O) groups excluding carboxylic acids is 1. The number of hydrogen-bond donors (Lipinski definition) is 1. The van der Waals surface area contributed by atoms with Crippen LogP contribution < -0.4 is 10.1 Å². The number of alkyl halides is 3. The highest BCUT2D eigenvalue weighted by molar-refractivity contribution is 6.03. The van der Waals surface area contributed by atoms with Crippen LogP contribution in [0.15, 0.2) is 83.3 Å². The van der Waals surface area contributed by atoms with E-state index in [1.807, 2.05) is 42.5 Å². The number of furan rings is 1. The fourth-order valence-electron chi connectivity index (χ4n) is 4.22. The maximum Gasteiger partial charge on any atom is 0.416 e. The van der Waals surface area contributed by atoms with E-state index >= 15 is 0 Å². The second kappa shape index (κ2) is 10.1. The summed E-state index contributed by atoms with van der Waals surface area (Å²) in [5.41, 5.74) is 1.36. The van der Waals surface area contributed by atoms with Gasteiger partial charge < -0.3 is 14.5 Å². The highest BCUT2D eigenvalue weighted by Crippen LogP contribution is 2.30. The molecule has 0 aliphatic heterocycles. The summed E-state index contributed by atoms with van der Waals surface area (Å²) in [5, 5.41) is 9.38. The molecule has 0 atom stereocenters. The Morgan fingerprint density at radius 3 is 2.55 bits per heavy atom. The van der Waals surface area contributed by atoms with Gasteiger partial charge in [-0.3, -0.25) is 9.48 Å². The zero-order valence-electron chi connectivity index (χ0n) is 20.7. The number of rotatable bonds is 7. The number of ether oxygens (including phenoxy) is 1. The van der Waals surface area contributed by atoms with Gasteiger partial charge in [-0.05, 0) is 66.6 Å². The Morgan fingerprint density at radius 1 is 0.974 bits per heavy atom. The molecule has 2 heterocycles. The molecule has 0 bridgehead atoms. The number of fused-ring (bicyclic) bond motifs is 1. The zero-order chi connectivity index (χ0) is 26.9. The summed E-state index contributed by atoms with van der Waals surface area (Å²) >= 11 is 0. The number of benzene rings is 3. The van der Waals surface area contributed by atoms with E-state index in [1.54, 1.807) is 36.7 Å². The molecule has 6 nitrogen and oxygen atoms in total. The lowest BCUT2D eigenvalue weighted by atomic mass is 10.1. The summed E-state index contributed by atoms with van der Waals surface area (Å²) in [4.78, 5) is 12.9. The fourth-order valence-corrected chi connectivity index (χ4v) is 4.22. The predicted molar refractivity (Wildman–Crippen MR) is 137 cm³/mol. The van der Waals surface area contributed by atoms with Crippen molar-refractivity contribution in [3.8, 4) is 5.75 Å². The Kier molecular flexibility index (Phi) is 6.67. The van der Waals surface area contributed by atoms with Crippen LogP contribution in [-0.4, -0.2) is 15.7 Å². The van der Waals surface area contributed by atoms with Gasteiger partial charge in [0, 0.05) is 0 Å². The van der Waals surface area contributed by atoms with Crippen molar-refractivity contribution in [1.29, 1.82) is 0 Å². The quantitative estimate of drug-likeness (QED) is 0.248. The van der Waals surface area contributed by atoms with Crippen molar-refractivity contribution >= 4 is 22.4 Å². The van der Waals surface area contributed by atoms with Gasteiger partial charge in [0.1, 0.15) is 18.1 Å². The van der Waals surface area contributed by atoms with Gasteiger partial charge in [-0.1, -0.05) is 42.5 Å². The van der Waals surface area contributed by atoms with Gasteiger partial charge >= 0.3 is 6.18 Å². The van der Waals surface area contributed by atoms with Gasteiger partial charge in [0.15, 0.2) is 5.76 Å². The van der Waals surface area contributed by atoms with E-state index in [0.29, 0.717) is 34.1 Å². The third kappa shape index (κ3) is 5.41. The van der Waals surface area contributed by atoms with Crippen molar-refractivity contribution in [2.24, 2.45) is 0 Å². The van der Waals surface area contributed by atoms with Crippen LogP contribution in [0.1, 0.15) is 38.8 Å². The molecule has 0 aliphatic carbocycles. The normalized spacial score (nSPS) is 11.6. The van der Waals surface area contributed by atoms with Crippen LogP contribution in [0.25, 0.3) is 10.8 Å². The molecular weight excluding hydrogens is 495 g/mol. The molecule has 5 rings (SSSR count). The number of nitrogens with one attached hydrogen (secondary N) is 1. The van der Waals surface area contributed by atoms with Crippen LogP contribution in [0.2, 0.25) is 0 Å². The van der Waals surface area contributed by atoms with E-state index in [0.717, 1.165) is 22.9 Å². The Bertz CT molecular complexity index is 1620. The van der Waals surface area contributed by atoms with Gasteiger partial charge in [-0.15, -0.1) is 0 Å². The number of hydrogen-bond acceptors (Lipinski definition) is 4. The van der Waals surface area contributed by atoms with E-state index in [-0.39, 0.29) is 18.9 Å². The third-order valence-electron chi connectivity index (χ3n) is 6.19. The summed E-state index contributed by atoms with van der Waals surface area (Å²) in [6.45, 7) is 3.74. The molecule has 194 valence electrons. The van der Waals surface area contributed by atoms with E-state index in [2.05, 4.69) is 10.4 Å². The van der Waals surface area contributed by atoms with Crippen molar-refractivity contribution in [2.75, 3.05) is 5.32 Å². The number of aromatic nitrogens is 2.